The molecule has 100 valence electrons. The lowest BCUT2D eigenvalue weighted by Crippen LogP contribution is -2.00. The third-order valence-corrected chi connectivity index (χ3v) is 2.84. The highest BCUT2D eigenvalue weighted by atomic mass is 16.5. The molecule has 1 aromatic rings. The Labute approximate surface area is 107 Å². The van der Waals surface area contributed by atoms with Crippen LogP contribution in [-0.2, 0) is 0 Å². The molecule has 0 radical (unpaired) electrons. The first-order chi connectivity index (χ1) is 8.60. The van der Waals surface area contributed by atoms with Gasteiger partial charge in [0.15, 0.2) is 5.78 Å². The molecule has 0 amide bonds. The molecular weight excluding hydrogens is 232 g/mol. The zero-order valence-corrected chi connectivity index (χ0v) is 10.9. The van der Waals surface area contributed by atoms with E-state index < -0.39 is 0 Å². The summed E-state index contributed by atoms with van der Waals surface area (Å²) in [6, 6.07) is 2.66. The van der Waals surface area contributed by atoms with Gasteiger partial charge in [-0.3, -0.25) is 4.79 Å². The zero-order chi connectivity index (χ0) is 13.5. The molecule has 4 nitrogen and oxygen atoms in total. The number of unbranched alkanes of at least 4 members (excludes halogenated alkanes) is 3. The van der Waals surface area contributed by atoms with Crippen LogP contribution in [-0.4, -0.2) is 23.1 Å². The lowest BCUT2D eigenvalue weighted by atomic mass is 10.0. The van der Waals surface area contributed by atoms with Crippen molar-refractivity contribution < 1.29 is 19.7 Å². The summed E-state index contributed by atoms with van der Waals surface area (Å²) in [4.78, 5) is 11.9. The number of phenols is 2. The van der Waals surface area contributed by atoms with Crippen LogP contribution in [0.15, 0.2) is 12.1 Å². The van der Waals surface area contributed by atoms with E-state index in [1.807, 2.05) is 0 Å². The number of hydrogen-bond acceptors (Lipinski definition) is 4. The van der Waals surface area contributed by atoms with E-state index in [0.29, 0.717) is 12.2 Å². The van der Waals surface area contributed by atoms with E-state index in [-0.39, 0.29) is 22.8 Å². The summed E-state index contributed by atoms with van der Waals surface area (Å²) in [6.07, 6.45) is 4.30. The van der Waals surface area contributed by atoms with E-state index in [1.54, 1.807) is 0 Å². The Morgan fingerprint density at radius 1 is 1.17 bits per heavy atom. The number of Topliss-reactive ketones (excluding diaryl/α,β-unsaturated/α-hetero) is 1. The van der Waals surface area contributed by atoms with Gasteiger partial charge in [0, 0.05) is 18.6 Å². The summed E-state index contributed by atoms with van der Waals surface area (Å²) in [7, 11) is 1.43. The molecule has 1 aromatic carbocycles. The van der Waals surface area contributed by atoms with Gasteiger partial charge in [0.1, 0.15) is 22.8 Å². The Bertz CT molecular complexity index is 389. The first-order valence-corrected chi connectivity index (χ1v) is 6.23. The maximum atomic E-state index is 11.9. The minimum Gasteiger partial charge on any atom is -0.507 e. The second-order valence-corrected chi connectivity index (χ2v) is 4.27. The van der Waals surface area contributed by atoms with Gasteiger partial charge in [0.2, 0.25) is 0 Å². The van der Waals surface area contributed by atoms with Crippen LogP contribution in [0.3, 0.4) is 0 Å². The molecule has 0 aliphatic carbocycles. The average molecular weight is 252 g/mol. The van der Waals surface area contributed by atoms with E-state index in [4.69, 9.17) is 4.74 Å². The summed E-state index contributed by atoms with van der Waals surface area (Å²) < 4.78 is 4.89. The second-order valence-electron chi connectivity index (χ2n) is 4.27. The molecule has 2 N–H and O–H groups in total. The lowest BCUT2D eigenvalue weighted by Gasteiger charge is -2.08. The molecule has 0 unspecified atom stereocenters. The molecule has 0 saturated heterocycles. The highest BCUT2D eigenvalue weighted by Crippen LogP contribution is 2.33. The van der Waals surface area contributed by atoms with Crippen LogP contribution in [0.5, 0.6) is 17.2 Å². The Hall–Kier alpha value is -1.71. The normalized spacial score (nSPS) is 10.3. The van der Waals surface area contributed by atoms with Crippen LogP contribution in [0.2, 0.25) is 0 Å². The van der Waals surface area contributed by atoms with Gasteiger partial charge in [-0.05, 0) is 6.42 Å². The van der Waals surface area contributed by atoms with Crippen molar-refractivity contribution in [2.75, 3.05) is 7.11 Å². The number of ketones is 1. The molecule has 18 heavy (non-hydrogen) atoms. The van der Waals surface area contributed by atoms with Crippen LogP contribution >= 0.6 is 0 Å². The van der Waals surface area contributed by atoms with Crippen LogP contribution in [0.1, 0.15) is 49.4 Å². The maximum absolute atomic E-state index is 11.9. The Kier molecular flexibility index (Phi) is 5.49. The van der Waals surface area contributed by atoms with Crippen molar-refractivity contribution in [3.05, 3.63) is 17.7 Å². The predicted octanol–water partition coefficient (Wildman–Crippen LogP) is 3.26. The predicted molar refractivity (Wildman–Crippen MR) is 69.4 cm³/mol. The van der Waals surface area contributed by atoms with Gasteiger partial charge in [0.25, 0.3) is 0 Å². The Balaban J connectivity index is 2.73. The van der Waals surface area contributed by atoms with Crippen molar-refractivity contribution in [2.24, 2.45) is 0 Å². The third kappa shape index (κ3) is 3.65. The van der Waals surface area contributed by atoms with Gasteiger partial charge in [0.05, 0.1) is 7.11 Å². The fourth-order valence-corrected chi connectivity index (χ4v) is 1.83. The van der Waals surface area contributed by atoms with Gasteiger partial charge in [-0.1, -0.05) is 26.2 Å². The first kappa shape index (κ1) is 14.4. The summed E-state index contributed by atoms with van der Waals surface area (Å²) in [5.41, 5.74) is -0.00713. The molecule has 0 aromatic heterocycles. The summed E-state index contributed by atoms with van der Waals surface area (Å²) >= 11 is 0. The van der Waals surface area contributed by atoms with Crippen LogP contribution in [0.4, 0.5) is 0 Å². The molecule has 4 heteroatoms. The number of carbonyl (C=O) groups is 1. The smallest absolute Gasteiger partial charge is 0.170 e. The molecule has 0 fully saturated rings. The van der Waals surface area contributed by atoms with Crippen molar-refractivity contribution in [2.45, 2.75) is 39.0 Å². The highest BCUT2D eigenvalue weighted by Gasteiger charge is 2.17. The summed E-state index contributed by atoms with van der Waals surface area (Å²) in [5.74, 6) is -0.365. The average Bonchev–Trinajstić information content (AvgIpc) is 2.33. The maximum Gasteiger partial charge on any atom is 0.170 e. The van der Waals surface area contributed by atoms with Gasteiger partial charge < -0.3 is 14.9 Å². The van der Waals surface area contributed by atoms with Crippen molar-refractivity contribution in [1.29, 1.82) is 0 Å². The van der Waals surface area contributed by atoms with Crippen LogP contribution in [0.25, 0.3) is 0 Å². The highest BCUT2D eigenvalue weighted by molar-refractivity contribution is 6.01. The molecular formula is C14H20O4. The number of aromatic hydroxyl groups is 2. The fourth-order valence-electron chi connectivity index (χ4n) is 1.83. The minimum absolute atomic E-state index is 0.00713. The summed E-state index contributed by atoms with van der Waals surface area (Å²) in [6.45, 7) is 2.10. The van der Waals surface area contributed by atoms with Gasteiger partial charge in [-0.15, -0.1) is 0 Å². The number of benzene rings is 1. The Morgan fingerprint density at radius 3 is 2.28 bits per heavy atom. The molecule has 0 spiro atoms. The van der Waals surface area contributed by atoms with Crippen molar-refractivity contribution >= 4 is 5.78 Å². The van der Waals surface area contributed by atoms with Crippen molar-refractivity contribution in [3.8, 4) is 17.2 Å². The summed E-state index contributed by atoms with van der Waals surface area (Å²) in [5, 5.41) is 19.4. The number of phenolic OH excluding ortho intramolecular Hbond substituents is 2. The standard InChI is InChI=1S/C14H20O4/c1-3-4-5-6-7-11(15)14-12(16)8-10(18-2)9-13(14)17/h8-9,16-17H,3-7H2,1-2H3. The Morgan fingerprint density at radius 2 is 1.78 bits per heavy atom. The number of rotatable bonds is 7. The van der Waals surface area contributed by atoms with Gasteiger partial charge in [-0.25, -0.2) is 0 Å². The van der Waals surface area contributed by atoms with E-state index >= 15 is 0 Å². The number of ether oxygens (including phenoxy) is 1. The van der Waals surface area contributed by atoms with Crippen molar-refractivity contribution in [1.82, 2.24) is 0 Å². The van der Waals surface area contributed by atoms with E-state index in [0.717, 1.165) is 25.7 Å². The first-order valence-electron chi connectivity index (χ1n) is 6.23. The van der Waals surface area contributed by atoms with Crippen LogP contribution < -0.4 is 4.74 Å². The molecule has 0 aliphatic rings. The number of methoxy groups -OCH3 is 1. The zero-order valence-electron chi connectivity index (χ0n) is 10.9. The van der Waals surface area contributed by atoms with Gasteiger partial charge >= 0.3 is 0 Å². The fraction of sp³-hybridized carbons (Fsp3) is 0.500. The van der Waals surface area contributed by atoms with E-state index in [1.165, 1.54) is 19.2 Å². The topological polar surface area (TPSA) is 66.8 Å². The molecule has 0 bridgehead atoms. The van der Waals surface area contributed by atoms with Crippen LogP contribution in [0, 0.1) is 0 Å². The second kappa shape index (κ2) is 6.89. The molecule has 0 atom stereocenters. The lowest BCUT2D eigenvalue weighted by molar-refractivity contribution is 0.0973. The quantitative estimate of drug-likeness (QED) is 0.577. The molecule has 0 heterocycles. The third-order valence-electron chi connectivity index (χ3n) is 2.84. The largest absolute Gasteiger partial charge is 0.507 e. The minimum atomic E-state index is -0.233. The number of hydrogen-bond donors (Lipinski definition) is 2. The molecule has 0 aliphatic heterocycles. The SMILES string of the molecule is CCCCCCC(=O)c1c(O)cc(OC)cc1O. The monoisotopic (exact) mass is 252 g/mol. The van der Waals surface area contributed by atoms with Gasteiger partial charge in [-0.2, -0.15) is 0 Å². The molecule has 0 saturated carbocycles. The number of carbonyl (C=O) groups excluding carboxylic acids is 1. The molecule has 1 rings (SSSR count). The van der Waals surface area contributed by atoms with E-state index in [2.05, 4.69) is 6.92 Å². The van der Waals surface area contributed by atoms with Crippen molar-refractivity contribution in [3.63, 3.8) is 0 Å². The van der Waals surface area contributed by atoms with E-state index in [9.17, 15) is 15.0 Å².